The predicted molar refractivity (Wildman–Crippen MR) is 116 cm³/mol. The van der Waals surface area contributed by atoms with Crippen LogP contribution in [0.25, 0.3) is 0 Å². The van der Waals surface area contributed by atoms with E-state index < -0.39 is 0 Å². The molecule has 22 heavy (non-hydrogen) atoms. The zero-order valence-electron chi connectivity index (χ0n) is 17.6. The summed E-state index contributed by atoms with van der Waals surface area (Å²) in [5.74, 6) is 7.41. The Morgan fingerprint density at radius 2 is 1.00 bits per heavy atom. The molecule has 0 aliphatic carbocycles. The molecule has 126 valence electrons. The van der Waals surface area contributed by atoms with Crippen molar-refractivity contribution >= 4 is 31.4 Å². The Labute approximate surface area is 146 Å². The third-order valence-electron chi connectivity index (χ3n) is 8.06. The van der Waals surface area contributed by atoms with Crippen molar-refractivity contribution in [2.75, 3.05) is 0 Å². The summed E-state index contributed by atoms with van der Waals surface area (Å²) < 4.78 is 0. The molecule has 9 atom stereocenters. The van der Waals surface area contributed by atoms with E-state index >= 15 is 0 Å². The first-order valence-corrected chi connectivity index (χ1v) is 10.1. The molecule has 0 aromatic heterocycles. The Kier molecular flexibility index (Phi) is 10.3. The molecular formula is C18H42B4. The standard InChI is InChI=1S/C18H42B4/c1-8-10(3)11(4)12(5)13(6)16(20)18(22)17(21)14(7)15(19)9-2/h10-18H,8-9,19-22H2,1-7H3. The van der Waals surface area contributed by atoms with E-state index in [2.05, 4.69) is 79.9 Å². The highest BCUT2D eigenvalue weighted by Gasteiger charge is 2.32. The average molecular weight is 302 g/mol. The molecule has 0 aliphatic heterocycles. The van der Waals surface area contributed by atoms with Gasteiger partial charge in [-0.15, -0.1) is 0 Å². The van der Waals surface area contributed by atoms with Crippen LogP contribution in [0.5, 0.6) is 0 Å². The van der Waals surface area contributed by atoms with E-state index in [4.69, 9.17) is 0 Å². The minimum atomic E-state index is 0.808. The van der Waals surface area contributed by atoms with Crippen LogP contribution in [0.2, 0.25) is 23.3 Å². The molecule has 0 heterocycles. The highest BCUT2D eigenvalue weighted by Crippen LogP contribution is 2.46. The van der Waals surface area contributed by atoms with Crippen LogP contribution in [0.4, 0.5) is 0 Å². The van der Waals surface area contributed by atoms with E-state index in [-0.39, 0.29) is 0 Å². The van der Waals surface area contributed by atoms with Gasteiger partial charge in [-0.25, -0.2) is 0 Å². The Hall–Kier alpha value is 0.260. The summed E-state index contributed by atoms with van der Waals surface area (Å²) in [5, 5.41) is 0. The van der Waals surface area contributed by atoms with Crippen molar-refractivity contribution in [1.29, 1.82) is 0 Å². The van der Waals surface area contributed by atoms with Crippen LogP contribution < -0.4 is 0 Å². The first-order chi connectivity index (χ1) is 10.1. The highest BCUT2D eigenvalue weighted by molar-refractivity contribution is 6.27. The van der Waals surface area contributed by atoms with E-state index in [1.807, 2.05) is 0 Å². The summed E-state index contributed by atoms with van der Waals surface area (Å²) >= 11 is 0. The second-order valence-corrected chi connectivity index (χ2v) is 8.78. The van der Waals surface area contributed by atoms with Gasteiger partial charge in [0.05, 0.1) is 0 Å². The zero-order valence-corrected chi connectivity index (χ0v) is 17.6. The predicted octanol–water partition coefficient (Wildman–Crippen LogP) is 2.67. The van der Waals surface area contributed by atoms with Gasteiger partial charge in [0.15, 0.2) is 0 Å². The fourth-order valence-electron chi connectivity index (χ4n) is 4.17. The minimum Gasteiger partial charge on any atom is -0.0776 e. The third kappa shape index (κ3) is 5.72. The molecular weight excluding hydrogens is 259 g/mol. The summed E-state index contributed by atoms with van der Waals surface area (Å²) in [6, 6.07) is 0. The van der Waals surface area contributed by atoms with Crippen LogP contribution in [-0.4, -0.2) is 31.4 Å². The van der Waals surface area contributed by atoms with Gasteiger partial charge in [0, 0.05) is 0 Å². The van der Waals surface area contributed by atoms with Crippen LogP contribution in [0.3, 0.4) is 0 Å². The molecule has 0 bridgehead atoms. The topological polar surface area (TPSA) is 0 Å². The van der Waals surface area contributed by atoms with Crippen molar-refractivity contribution < 1.29 is 0 Å². The minimum absolute atomic E-state index is 0.808. The van der Waals surface area contributed by atoms with Gasteiger partial charge >= 0.3 is 0 Å². The fourth-order valence-corrected chi connectivity index (χ4v) is 4.17. The monoisotopic (exact) mass is 302 g/mol. The summed E-state index contributed by atoms with van der Waals surface area (Å²) in [7, 11) is 9.93. The number of rotatable bonds is 10. The maximum Gasteiger partial charge on any atom is 0.105 e. The molecule has 0 nitrogen and oxygen atoms in total. The van der Waals surface area contributed by atoms with Crippen molar-refractivity contribution in [2.45, 2.75) is 84.6 Å². The normalized spacial score (nSPS) is 24.5. The zero-order chi connectivity index (χ0) is 17.6. The van der Waals surface area contributed by atoms with Gasteiger partial charge in [0.1, 0.15) is 31.4 Å². The largest absolute Gasteiger partial charge is 0.105 e. The SMILES string of the molecule is BC(CC)C(C)C(B)C(B)C(B)C(C)C(C)C(C)C(C)CC. The van der Waals surface area contributed by atoms with Crippen molar-refractivity contribution in [2.24, 2.45) is 29.6 Å². The Bertz CT molecular complexity index is 269. The van der Waals surface area contributed by atoms with E-state index in [0.29, 0.717) is 0 Å². The second kappa shape index (κ2) is 10.2. The lowest BCUT2D eigenvalue weighted by Gasteiger charge is -2.40. The molecule has 0 rings (SSSR count). The van der Waals surface area contributed by atoms with Gasteiger partial charge in [0.25, 0.3) is 0 Å². The molecule has 0 N–H and O–H groups in total. The van der Waals surface area contributed by atoms with Gasteiger partial charge in [-0.3, -0.25) is 0 Å². The maximum atomic E-state index is 2.51. The maximum absolute atomic E-state index is 2.51. The van der Waals surface area contributed by atoms with Gasteiger partial charge < -0.3 is 0 Å². The third-order valence-corrected chi connectivity index (χ3v) is 8.06. The number of hydrogen-bond donors (Lipinski definition) is 0. The smallest absolute Gasteiger partial charge is 0.0776 e. The number of hydrogen-bond acceptors (Lipinski definition) is 0. The molecule has 0 aliphatic rings. The summed E-state index contributed by atoms with van der Waals surface area (Å²) in [5.41, 5.74) is 0. The van der Waals surface area contributed by atoms with Crippen molar-refractivity contribution in [3.63, 3.8) is 0 Å². The van der Waals surface area contributed by atoms with Crippen LogP contribution in [0.1, 0.15) is 61.3 Å². The summed E-state index contributed by atoms with van der Waals surface area (Å²) in [6.07, 6.45) is 2.62. The van der Waals surface area contributed by atoms with Crippen LogP contribution in [0, 0.1) is 29.6 Å². The van der Waals surface area contributed by atoms with Crippen molar-refractivity contribution in [3.8, 4) is 0 Å². The molecule has 4 heteroatoms. The molecule has 0 spiro atoms. The Morgan fingerprint density at radius 1 is 0.545 bits per heavy atom. The van der Waals surface area contributed by atoms with Gasteiger partial charge in [-0.05, 0) is 23.7 Å². The Morgan fingerprint density at radius 3 is 1.41 bits per heavy atom. The summed E-state index contributed by atoms with van der Waals surface area (Å²) in [4.78, 5) is 0. The van der Waals surface area contributed by atoms with Crippen LogP contribution >= 0.6 is 0 Å². The van der Waals surface area contributed by atoms with Gasteiger partial charge in [0.2, 0.25) is 0 Å². The van der Waals surface area contributed by atoms with E-state index in [0.717, 1.165) is 52.9 Å². The summed E-state index contributed by atoms with van der Waals surface area (Å²) in [6.45, 7) is 17.0. The lowest BCUT2D eigenvalue weighted by atomic mass is 9.47. The molecule has 9 unspecified atom stereocenters. The molecule has 0 saturated heterocycles. The second-order valence-electron chi connectivity index (χ2n) is 8.78. The molecule has 0 amide bonds. The van der Waals surface area contributed by atoms with Gasteiger partial charge in [-0.1, -0.05) is 90.5 Å². The van der Waals surface area contributed by atoms with E-state index in [1.165, 1.54) is 12.8 Å². The lowest BCUT2D eigenvalue weighted by molar-refractivity contribution is 0.197. The van der Waals surface area contributed by atoms with Gasteiger partial charge in [-0.2, -0.15) is 0 Å². The Balaban J connectivity index is 4.82. The quantitative estimate of drug-likeness (QED) is 0.544. The fraction of sp³-hybridized carbons (Fsp3) is 1.00. The van der Waals surface area contributed by atoms with Crippen LogP contribution in [-0.2, 0) is 0 Å². The molecule has 0 saturated carbocycles. The molecule has 0 aromatic rings. The average Bonchev–Trinajstić information content (AvgIpc) is 2.55. The first-order valence-electron chi connectivity index (χ1n) is 10.1. The highest BCUT2D eigenvalue weighted by atomic mass is 14.3. The lowest BCUT2D eigenvalue weighted by Crippen LogP contribution is -2.29. The van der Waals surface area contributed by atoms with Crippen molar-refractivity contribution in [1.82, 2.24) is 0 Å². The van der Waals surface area contributed by atoms with Crippen molar-refractivity contribution in [3.05, 3.63) is 0 Å². The van der Waals surface area contributed by atoms with Crippen LogP contribution in [0.15, 0.2) is 0 Å². The molecule has 0 fully saturated rings. The first kappa shape index (κ1) is 22.3. The van der Waals surface area contributed by atoms with E-state index in [9.17, 15) is 0 Å². The molecule has 0 aromatic carbocycles. The molecule has 0 radical (unpaired) electrons. The van der Waals surface area contributed by atoms with E-state index in [1.54, 1.807) is 0 Å².